The largest absolute Gasteiger partial charge is 0.480 e. The van der Waals surface area contributed by atoms with Crippen LogP contribution in [0.3, 0.4) is 0 Å². The number of hydrogen-bond donors (Lipinski definition) is 3. The van der Waals surface area contributed by atoms with Crippen molar-refractivity contribution in [1.29, 1.82) is 0 Å². The lowest BCUT2D eigenvalue weighted by atomic mass is 9.82. The van der Waals surface area contributed by atoms with Crippen molar-refractivity contribution in [3.63, 3.8) is 0 Å². The van der Waals surface area contributed by atoms with E-state index in [9.17, 15) is 14.7 Å². The Morgan fingerprint density at radius 3 is 2.50 bits per heavy atom. The normalized spacial score (nSPS) is 17.2. The molecule has 1 aromatic carbocycles. The Bertz CT molecular complexity index is 513. The van der Waals surface area contributed by atoms with E-state index in [2.05, 4.69) is 33.2 Å². The molecule has 0 spiro atoms. The summed E-state index contributed by atoms with van der Waals surface area (Å²) in [6.45, 7) is 0. The van der Waals surface area contributed by atoms with E-state index in [4.69, 9.17) is 0 Å². The van der Waals surface area contributed by atoms with Gasteiger partial charge < -0.3 is 15.7 Å². The summed E-state index contributed by atoms with van der Waals surface area (Å²) in [4.78, 5) is 23.5. The molecule has 0 heterocycles. The van der Waals surface area contributed by atoms with Crippen molar-refractivity contribution in [1.82, 2.24) is 5.32 Å². The van der Waals surface area contributed by atoms with Crippen LogP contribution in [0.4, 0.5) is 10.5 Å². The van der Waals surface area contributed by atoms with Crippen molar-refractivity contribution in [2.75, 3.05) is 5.32 Å². The summed E-state index contributed by atoms with van der Waals surface area (Å²) in [5, 5.41) is 14.7. The predicted octanol–water partition coefficient (Wildman–Crippen LogP) is 3.20. The molecular weight excluding hydrogens is 371 g/mol. The second kappa shape index (κ2) is 6.43. The van der Waals surface area contributed by atoms with E-state index in [1.807, 2.05) is 18.2 Å². The molecule has 20 heavy (non-hydrogen) atoms. The molecule has 0 radical (unpaired) electrons. The van der Waals surface area contributed by atoms with Crippen molar-refractivity contribution in [2.24, 2.45) is 0 Å². The Kier molecular flexibility index (Phi) is 4.85. The second-order valence-electron chi connectivity index (χ2n) is 5.04. The van der Waals surface area contributed by atoms with Crippen LogP contribution < -0.4 is 10.6 Å². The Morgan fingerprint density at radius 1 is 1.20 bits per heavy atom. The average molecular weight is 388 g/mol. The van der Waals surface area contributed by atoms with Gasteiger partial charge in [-0.2, -0.15) is 0 Å². The monoisotopic (exact) mass is 388 g/mol. The Labute approximate surface area is 131 Å². The molecule has 1 fully saturated rings. The van der Waals surface area contributed by atoms with Gasteiger partial charge in [-0.15, -0.1) is 0 Å². The highest BCUT2D eigenvalue weighted by Crippen LogP contribution is 2.28. The van der Waals surface area contributed by atoms with Crippen molar-refractivity contribution in [3.8, 4) is 0 Å². The van der Waals surface area contributed by atoms with Gasteiger partial charge in [0.1, 0.15) is 5.54 Å². The number of hydrogen-bond acceptors (Lipinski definition) is 2. The first kappa shape index (κ1) is 15.1. The van der Waals surface area contributed by atoms with Gasteiger partial charge in [0.15, 0.2) is 0 Å². The summed E-state index contributed by atoms with van der Waals surface area (Å²) < 4.78 is 1.01. The molecule has 2 rings (SSSR count). The number of amides is 2. The molecule has 1 aliphatic rings. The maximum Gasteiger partial charge on any atom is 0.329 e. The van der Waals surface area contributed by atoms with Crippen molar-refractivity contribution in [3.05, 3.63) is 27.8 Å². The van der Waals surface area contributed by atoms with Crippen LogP contribution in [0.2, 0.25) is 0 Å². The van der Waals surface area contributed by atoms with Crippen molar-refractivity contribution < 1.29 is 14.7 Å². The van der Waals surface area contributed by atoms with Gasteiger partial charge in [-0.1, -0.05) is 25.3 Å². The van der Waals surface area contributed by atoms with Gasteiger partial charge in [0.25, 0.3) is 0 Å². The van der Waals surface area contributed by atoms with Gasteiger partial charge in [-0.05, 0) is 53.6 Å². The standard InChI is InChI=1S/C14H17IN2O3/c15-10-5-4-6-11(9-10)16-13(20)17-14(12(18)19)7-2-1-3-8-14/h4-6,9H,1-3,7-8H2,(H,18,19)(H2,16,17,20). The van der Waals surface area contributed by atoms with E-state index in [1.54, 1.807) is 6.07 Å². The maximum atomic E-state index is 12.0. The molecule has 6 heteroatoms. The van der Waals surface area contributed by atoms with Gasteiger partial charge in [-0.3, -0.25) is 0 Å². The van der Waals surface area contributed by atoms with Gasteiger partial charge in [0.2, 0.25) is 0 Å². The van der Waals surface area contributed by atoms with E-state index in [0.29, 0.717) is 18.5 Å². The number of carboxylic acid groups (broad SMARTS) is 1. The molecule has 3 N–H and O–H groups in total. The lowest BCUT2D eigenvalue weighted by Gasteiger charge is -2.33. The maximum absolute atomic E-state index is 12.0. The quantitative estimate of drug-likeness (QED) is 0.696. The number of carbonyl (C=O) groups is 2. The molecule has 1 aromatic rings. The van der Waals surface area contributed by atoms with Crippen LogP contribution in [0.1, 0.15) is 32.1 Å². The predicted molar refractivity (Wildman–Crippen MR) is 84.8 cm³/mol. The number of rotatable bonds is 3. The van der Waals surface area contributed by atoms with E-state index < -0.39 is 17.5 Å². The molecule has 0 aromatic heterocycles. The fraction of sp³-hybridized carbons (Fsp3) is 0.429. The van der Waals surface area contributed by atoms with Crippen LogP contribution in [0.15, 0.2) is 24.3 Å². The Balaban J connectivity index is 2.03. The first-order valence-electron chi connectivity index (χ1n) is 6.60. The minimum Gasteiger partial charge on any atom is -0.480 e. The van der Waals surface area contributed by atoms with Crippen LogP contribution in [-0.4, -0.2) is 22.6 Å². The highest BCUT2D eigenvalue weighted by molar-refractivity contribution is 14.1. The third-order valence-corrected chi connectivity index (χ3v) is 4.22. The number of carboxylic acids is 1. The molecule has 0 bridgehead atoms. The Hall–Kier alpha value is -1.31. The minimum absolute atomic E-state index is 0.462. The number of anilines is 1. The lowest BCUT2D eigenvalue weighted by molar-refractivity contribution is -0.145. The number of halogens is 1. The van der Waals surface area contributed by atoms with Crippen LogP contribution in [0.25, 0.3) is 0 Å². The first-order valence-corrected chi connectivity index (χ1v) is 7.68. The van der Waals surface area contributed by atoms with Crippen LogP contribution in [-0.2, 0) is 4.79 Å². The zero-order valence-electron chi connectivity index (χ0n) is 11.0. The Morgan fingerprint density at radius 2 is 1.90 bits per heavy atom. The van der Waals surface area contributed by atoms with Gasteiger partial charge in [-0.25, -0.2) is 9.59 Å². The highest BCUT2D eigenvalue weighted by atomic mass is 127. The summed E-state index contributed by atoms with van der Waals surface area (Å²) >= 11 is 2.16. The van der Waals surface area contributed by atoms with Gasteiger partial charge in [0.05, 0.1) is 0 Å². The van der Waals surface area contributed by atoms with Crippen LogP contribution in [0.5, 0.6) is 0 Å². The highest BCUT2D eigenvalue weighted by Gasteiger charge is 2.40. The SMILES string of the molecule is O=C(Nc1cccc(I)c1)NC1(C(=O)O)CCCCC1. The summed E-state index contributed by atoms with van der Waals surface area (Å²) in [6.07, 6.45) is 3.66. The molecule has 0 atom stereocenters. The van der Waals surface area contributed by atoms with Gasteiger partial charge in [0, 0.05) is 9.26 Å². The zero-order chi connectivity index (χ0) is 14.6. The molecular formula is C14H17IN2O3. The van der Waals surface area contributed by atoms with Crippen molar-refractivity contribution >= 4 is 40.3 Å². The molecule has 1 aliphatic carbocycles. The minimum atomic E-state index is -1.12. The van der Waals surface area contributed by atoms with Crippen molar-refractivity contribution in [2.45, 2.75) is 37.6 Å². The second-order valence-corrected chi connectivity index (χ2v) is 6.28. The number of urea groups is 1. The summed E-state index contributed by atoms with van der Waals surface area (Å²) in [5.41, 5.74) is -0.463. The molecule has 5 nitrogen and oxygen atoms in total. The van der Waals surface area contributed by atoms with Gasteiger partial charge >= 0.3 is 12.0 Å². The van der Waals surface area contributed by atoms with E-state index in [-0.39, 0.29) is 0 Å². The molecule has 0 unspecified atom stereocenters. The van der Waals surface area contributed by atoms with E-state index >= 15 is 0 Å². The molecule has 108 valence electrons. The summed E-state index contributed by atoms with van der Waals surface area (Å²) in [7, 11) is 0. The molecule has 0 aliphatic heterocycles. The fourth-order valence-corrected chi connectivity index (χ4v) is 3.04. The average Bonchev–Trinajstić information content (AvgIpc) is 2.39. The van der Waals surface area contributed by atoms with Crippen LogP contribution >= 0.6 is 22.6 Å². The molecule has 0 saturated heterocycles. The first-order chi connectivity index (χ1) is 9.52. The fourth-order valence-electron chi connectivity index (χ4n) is 2.49. The summed E-state index contributed by atoms with van der Waals surface area (Å²) in [5.74, 6) is -0.949. The smallest absolute Gasteiger partial charge is 0.329 e. The van der Waals surface area contributed by atoms with E-state index in [1.165, 1.54) is 0 Å². The topological polar surface area (TPSA) is 78.4 Å². The number of nitrogens with one attached hydrogen (secondary N) is 2. The lowest BCUT2D eigenvalue weighted by Crippen LogP contribution is -2.56. The van der Waals surface area contributed by atoms with E-state index in [0.717, 1.165) is 22.8 Å². The third kappa shape index (κ3) is 3.62. The zero-order valence-corrected chi connectivity index (χ0v) is 13.1. The molecule has 2 amide bonds. The number of carbonyl (C=O) groups excluding carboxylic acids is 1. The third-order valence-electron chi connectivity index (χ3n) is 3.55. The summed E-state index contributed by atoms with van der Waals surface area (Å²) in [6, 6.07) is 6.90. The van der Waals surface area contributed by atoms with Crippen LogP contribution in [0, 0.1) is 3.57 Å². The number of benzene rings is 1. The molecule has 1 saturated carbocycles. The number of aliphatic carboxylic acids is 1.